The first-order valence-electron chi connectivity index (χ1n) is 9.30. The molecule has 1 aliphatic rings. The number of H-pyrrole nitrogens is 1. The van der Waals surface area contributed by atoms with Crippen molar-refractivity contribution in [1.29, 1.82) is 0 Å². The lowest BCUT2D eigenvalue weighted by molar-refractivity contribution is -0.109. The lowest BCUT2D eigenvalue weighted by atomic mass is 10.1. The van der Waals surface area contributed by atoms with Crippen LogP contribution in [0.3, 0.4) is 0 Å². The van der Waals surface area contributed by atoms with Crippen molar-refractivity contribution >= 4 is 17.9 Å². The second-order valence-electron chi connectivity index (χ2n) is 6.67. The SMILES string of the molecule is COc1cc2c(cc1OCCCNC=O)Cc1c(Nc3cccc(F)c3)n[nH]c1-2. The summed E-state index contributed by atoms with van der Waals surface area (Å²) >= 11 is 0. The van der Waals surface area contributed by atoms with Gasteiger partial charge >= 0.3 is 0 Å². The summed E-state index contributed by atoms with van der Waals surface area (Å²) in [5.41, 5.74) is 4.67. The first-order chi connectivity index (χ1) is 14.2. The summed E-state index contributed by atoms with van der Waals surface area (Å²) in [5, 5.41) is 13.2. The van der Waals surface area contributed by atoms with E-state index in [2.05, 4.69) is 20.8 Å². The van der Waals surface area contributed by atoms with Gasteiger partial charge in [0, 0.05) is 29.8 Å². The molecule has 29 heavy (non-hydrogen) atoms. The van der Waals surface area contributed by atoms with E-state index in [1.54, 1.807) is 19.2 Å². The maximum atomic E-state index is 13.5. The summed E-state index contributed by atoms with van der Waals surface area (Å²) < 4.78 is 24.8. The van der Waals surface area contributed by atoms with Crippen molar-refractivity contribution in [3.63, 3.8) is 0 Å². The number of carbonyl (C=O) groups is 1. The van der Waals surface area contributed by atoms with Crippen LogP contribution in [-0.4, -0.2) is 36.9 Å². The van der Waals surface area contributed by atoms with Crippen molar-refractivity contribution in [2.45, 2.75) is 12.8 Å². The smallest absolute Gasteiger partial charge is 0.207 e. The van der Waals surface area contributed by atoms with E-state index in [1.807, 2.05) is 12.1 Å². The van der Waals surface area contributed by atoms with E-state index >= 15 is 0 Å². The number of halogens is 1. The number of benzene rings is 2. The summed E-state index contributed by atoms with van der Waals surface area (Å²) in [6.45, 7) is 1.03. The van der Waals surface area contributed by atoms with Gasteiger partial charge in [-0.2, -0.15) is 5.10 Å². The van der Waals surface area contributed by atoms with Crippen molar-refractivity contribution < 1.29 is 18.7 Å². The first kappa shape index (κ1) is 18.8. The number of methoxy groups -OCH3 is 1. The van der Waals surface area contributed by atoms with Gasteiger partial charge in [-0.15, -0.1) is 0 Å². The number of fused-ring (bicyclic) bond motifs is 3. The van der Waals surface area contributed by atoms with Crippen molar-refractivity contribution in [2.75, 3.05) is 25.6 Å². The van der Waals surface area contributed by atoms with E-state index < -0.39 is 0 Å². The third-order valence-corrected chi connectivity index (χ3v) is 4.79. The number of hydrogen-bond acceptors (Lipinski definition) is 5. The zero-order chi connectivity index (χ0) is 20.2. The van der Waals surface area contributed by atoms with Gasteiger partial charge in [0.15, 0.2) is 17.3 Å². The number of carbonyl (C=O) groups excluding carboxylic acids is 1. The maximum Gasteiger partial charge on any atom is 0.207 e. The van der Waals surface area contributed by atoms with Gasteiger partial charge in [0.25, 0.3) is 0 Å². The van der Waals surface area contributed by atoms with E-state index in [0.717, 1.165) is 22.4 Å². The molecule has 0 spiro atoms. The van der Waals surface area contributed by atoms with Gasteiger partial charge in [0.05, 0.1) is 19.4 Å². The Bertz CT molecular complexity index is 1030. The van der Waals surface area contributed by atoms with Crippen molar-refractivity contribution in [3.05, 3.63) is 53.3 Å². The Balaban J connectivity index is 1.54. The molecule has 150 valence electrons. The van der Waals surface area contributed by atoms with Gasteiger partial charge in [0.1, 0.15) is 5.82 Å². The van der Waals surface area contributed by atoms with Crippen LogP contribution in [0, 0.1) is 5.82 Å². The normalized spacial score (nSPS) is 11.5. The number of rotatable bonds is 9. The molecule has 7 nitrogen and oxygen atoms in total. The van der Waals surface area contributed by atoms with Crippen molar-refractivity contribution in [1.82, 2.24) is 15.5 Å². The number of anilines is 2. The summed E-state index contributed by atoms with van der Waals surface area (Å²) in [4.78, 5) is 10.3. The van der Waals surface area contributed by atoms with Crippen LogP contribution in [0.5, 0.6) is 11.5 Å². The molecule has 4 rings (SSSR count). The van der Waals surface area contributed by atoms with E-state index in [0.29, 0.717) is 55.4 Å². The Labute approximate surface area is 167 Å². The average molecular weight is 396 g/mol. The summed E-state index contributed by atoms with van der Waals surface area (Å²) in [5.74, 6) is 1.66. The van der Waals surface area contributed by atoms with Crippen LogP contribution in [0.15, 0.2) is 36.4 Å². The molecule has 0 fully saturated rings. The minimum absolute atomic E-state index is 0.305. The molecule has 0 radical (unpaired) electrons. The molecule has 0 aliphatic heterocycles. The molecule has 0 unspecified atom stereocenters. The molecule has 3 N–H and O–H groups in total. The fourth-order valence-electron chi connectivity index (χ4n) is 3.43. The molecule has 1 amide bonds. The molecular formula is C21H21FN4O3. The number of nitrogens with one attached hydrogen (secondary N) is 3. The summed E-state index contributed by atoms with van der Waals surface area (Å²) in [7, 11) is 1.60. The Morgan fingerprint density at radius 2 is 2.17 bits per heavy atom. The molecule has 3 aromatic rings. The standard InChI is InChI=1S/C21H21FN4O3/c1-28-18-11-16-13(9-19(18)29-7-3-6-23-12-27)8-17-20(16)25-26-21(17)24-15-5-2-4-14(22)10-15/h2,4-5,9-12H,3,6-8H2,1H3,(H,23,27)(H2,24,25,26). The molecular weight excluding hydrogens is 375 g/mol. The van der Waals surface area contributed by atoms with Gasteiger partial charge < -0.3 is 20.1 Å². The van der Waals surface area contributed by atoms with Crippen LogP contribution in [0.2, 0.25) is 0 Å². The largest absolute Gasteiger partial charge is 0.493 e. The second kappa shape index (κ2) is 8.22. The van der Waals surface area contributed by atoms with E-state index in [9.17, 15) is 9.18 Å². The van der Waals surface area contributed by atoms with E-state index in [-0.39, 0.29) is 5.82 Å². The third kappa shape index (κ3) is 3.87. The van der Waals surface area contributed by atoms with Crippen LogP contribution < -0.4 is 20.1 Å². The van der Waals surface area contributed by atoms with Crippen LogP contribution in [0.1, 0.15) is 17.5 Å². The second-order valence-corrected chi connectivity index (χ2v) is 6.67. The minimum Gasteiger partial charge on any atom is -0.493 e. The van der Waals surface area contributed by atoms with Gasteiger partial charge in [-0.3, -0.25) is 9.89 Å². The highest BCUT2D eigenvalue weighted by molar-refractivity contribution is 5.81. The van der Waals surface area contributed by atoms with Gasteiger partial charge in [-0.25, -0.2) is 4.39 Å². The Morgan fingerprint density at radius 3 is 2.97 bits per heavy atom. The number of hydrogen-bond donors (Lipinski definition) is 3. The molecule has 8 heteroatoms. The Hall–Kier alpha value is -3.55. The maximum absolute atomic E-state index is 13.5. The molecule has 0 saturated carbocycles. The molecule has 0 bridgehead atoms. The number of aromatic amines is 1. The zero-order valence-corrected chi connectivity index (χ0v) is 15.9. The Morgan fingerprint density at radius 1 is 1.28 bits per heavy atom. The lowest BCUT2D eigenvalue weighted by Gasteiger charge is -2.13. The zero-order valence-electron chi connectivity index (χ0n) is 15.9. The molecule has 1 aliphatic carbocycles. The monoisotopic (exact) mass is 396 g/mol. The number of amides is 1. The third-order valence-electron chi connectivity index (χ3n) is 4.79. The topological polar surface area (TPSA) is 88.3 Å². The molecule has 1 aromatic heterocycles. The predicted molar refractivity (Wildman–Crippen MR) is 107 cm³/mol. The lowest BCUT2D eigenvalue weighted by Crippen LogP contribution is -2.15. The number of ether oxygens (including phenoxy) is 2. The average Bonchev–Trinajstić information content (AvgIpc) is 3.26. The van der Waals surface area contributed by atoms with E-state index in [4.69, 9.17) is 9.47 Å². The summed E-state index contributed by atoms with van der Waals surface area (Å²) in [6, 6.07) is 10.2. The molecule has 1 heterocycles. The fraction of sp³-hybridized carbons (Fsp3) is 0.238. The Kier molecular flexibility index (Phi) is 5.33. The highest BCUT2D eigenvalue weighted by atomic mass is 19.1. The number of aromatic nitrogens is 2. The quantitative estimate of drug-likeness (QED) is 0.298. The van der Waals surface area contributed by atoms with Crippen molar-refractivity contribution in [3.8, 4) is 22.8 Å². The molecule has 0 atom stereocenters. The molecule has 0 saturated heterocycles. The van der Waals surface area contributed by atoms with Crippen molar-refractivity contribution in [2.24, 2.45) is 0 Å². The van der Waals surface area contributed by atoms with Gasteiger partial charge in [-0.1, -0.05) is 6.07 Å². The van der Waals surface area contributed by atoms with Crippen LogP contribution in [0.25, 0.3) is 11.3 Å². The fourth-order valence-corrected chi connectivity index (χ4v) is 3.43. The highest BCUT2D eigenvalue weighted by Gasteiger charge is 2.27. The van der Waals surface area contributed by atoms with Crippen LogP contribution in [0.4, 0.5) is 15.9 Å². The number of nitrogens with zero attached hydrogens (tertiary/aromatic N) is 1. The minimum atomic E-state index is -0.305. The van der Waals surface area contributed by atoms with E-state index in [1.165, 1.54) is 12.1 Å². The first-order valence-corrected chi connectivity index (χ1v) is 9.30. The highest BCUT2D eigenvalue weighted by Crippen LogP contribution is 2.44. The summed E-state index contributed by atoms with van der Waals surface area (Å²) in [6.07, 6.45) is 2.04. The van der Waals surface area contributed by atoms with Gasteiger partial charge in [-0.05, 0) is 42.3 Å². The predicted octanol–water partition coefficient (Wildman–Crippen LogP) is 3.39. The van der Waals surface area contributed by atoms with Crippen LogP contribution in [-0.2, 0) is 11.2 Å². The van der Waals surface area contributed by atoms with Gasteiger partial charge in [0.2, 0.25) is 6.41 Å². The molecule has 2 aromatic carbocycles. The van der Waals surface area contributed by atoms with Crippen LogP contribution >= 0.6 is 0 Å².